The highest BCUT2D eigenvalue weighted by Crippen LogP contribution is 2.28. The molecule has 1 aliphatic heterocycles. The third kappa shape index (κ3) is 5.58. The number of hydrogen-bond donors (Lipinski definition) is 2. The first-order valence-corrected chi connectivity index (χ1v) is 11.2. The number of rotatable bonds is 7. The molecular weight excluding hydrogens is 432 g/mol. The molecule has 0 saturated carbocycles. The van der Waals surface area contributed by atoms with Crippen LogP contribution in [0.5, 0.6) is 0 Å². The van der Waals surface area contributed by atoms with Gasteiger partial charge in [-0.3, -0.25) is 19.7 Å². The van der Waals surface area contributed by atoms with E-state index in [0.29, 0.717) is 38.2 Å². The number of benzene rings is 3. The SMILES string of the molecule is O=C(Nc1ccccc1)C1CCN(C(=O)c2ccc(NCc3ccccc3)c([N+](=O)[O-])c2)CC1. The average Bonchev–Trinajstić information content (AvgIpc) is 2.88. The molecule has 0 spiro atoms. The van der Waals surface area contributed by atoms with Crippen molar-refractivity contribution in [3.63, 3.8) is 0 Å². The molecule has 2 N–H and O–H groups in total. The number of nitro benzene ring substituents is 1. The van der Waals surface area contributed by atoms with Gasteiger partial charge in [-0.05, 0) is 42.7 Å². The number of carbonyl (C=O) groups is 2. The van der Waals surface area contributed by atoms with Gasteiger partial charge in [-0.1, -0.05) is 48.5 Å². The summed E-state index contributed by atoms with van der Waals surface area (Å²) >= 11 is 0. The Labute approximate surface area is 197 Å². The van der Waals surface area contributed by atoms with E-state index in [4.69, 9.17) is 0 Å². The summed E-state index contributed by atoms with van der Waals surface area (Å²) in [5.74, 6) is -0.495. The smallest absolute Gasteiger partial charge is 0.293 e. The Balaban J connectivity index is 1.37. The van der Waals surface area contributed by atoms with Crippen LogP contribution in [-0.4, -0.2) is 34.7 Å². The van der Waals surface area contributed by atoms with E-state index in [1.54, 1.807) is 17.0 Å². The predicted molar refractivity (Wildman–Crippen MR) is 131 cm³/mol. The van der Waals surface area contributed by atoms with Gasteiger partial charge < -0.3 is 15.5 Å². The first-order valence-electron chi connectivity index (χ1n) is 11.2. The number of nitrogens with zero attached hydrogens (tertiary/aromatic N) is 2. The van der Waals surface area contributed by atoms with E-state index >= 15 is 0 Å². The fourth-order valence-corrected chi connectivity index (χ4v) is 4.05. The van der Waals surface area contributed by atoms with Crippen LogP contribution in [0.25, 0.3) is 0 Å². The number of anilines is 2. The summed E-state index contributed by atoms with van der Waals surface area (Å²) in [5, 5.41) is 17.6. The summed E-state index contributed by atoms with van der Waals surface area (Å²) in [5.41, 5.74) is 2.24. The lowest BCUT2D eigenvalue weighted by Crippen LogP contribution is -2.41. The number of amides is 2. The van der Waals surface area contributed by atoms with Gasteiger partial charge in [0, 0.05) is 42.9 Å². The number of nitro groups is 1. The van der Waals surface area contributed by atoms with Crippen molar-refractivity contribution in [2.24, 2.45) is 5.92 Å². The summed E-state index contributed by atoms with van der Waals surface area (Å²) in [6.45, 7) is 1.29. The zero-order valence-corrected chi connectivity index (χ0v) is 18.6. The summed E-state index contributed by atoms with van der Waals surface area (Å²) in [6, 6.07) is 23.4. The van der Waals surface area contributed by atoms with E-state index in [1.165, 1.54) is 6.07 Å². The van der Waals surface area contributed by atoms with Crippen molar-refractivity contribution in [1.82, 2.24) is 4.90 Å². The van der Waals surface area contributed by atoms with Crippen LogP contribution >= 0.6 is 0 Å². The Hall–Kier alpha value is -4.20. The molecule has 2 amide bonds. The molecule has 1 saturated heterocycles. The third-order valence-corrected chi connectivity index (χ3v) is 5.96. The third-order valence-electron chi connectivity index (χ3n) is 5.96. The molecule has 174 valence electrons. The summed E-state index contributed by atoms with van der Waals surface area (Å²) in [6.07, 6.45) is 1.09. The highest BCUT2D eigenvalue weighted by atomic mass is 16.6. The minimum Gasteiger partial charge on any atom is -0.375 e. The van der Waals surface area contributed by atoms with Crippen molar-refractivity contribution < 1.29 is 14.5 Å². The lowest BCUT2D eigenvalue weighted by Gasteiger charge is -2.31. The Morgan fingerprint density at radius 2 is 1.59 bits per heavy atom. The molecule has 3 aromatic rings. The maximum atomic E-state index is 13.0. The van der Waals surface area contributed by atoms with Crippen LogP contribution < -0.4 is 10.6 Å². The van der Waals surface area contributed by atoms with Crippen LogP contribution in [0.1, 0.15) is 28.8 Å². The molecule has 8 nitrogen and oxygen atoms in total. The van der Waals surface area contributed by atoms with Crippen LogP contribution in [0.3, 0.4) is 0 Å². The fraction of sp³-hybridized carbons (Fsp3) is 0.231. The number of carbonyl (C=O) groups excluding carboxylic acids is 2. The molecule has 8 heteroatoms. The largest absolute Gasteiger partial charge is 0.375 e. The van der Waals surface area contributed by atoms with Crippen LogP contribution in [0.4, 0.5) is 17.1 Å². The Kier molecular flexibility index (Phi) is 7.17. The molecule has 0 aliphatic carbocycles. The molecule has 3 aromatic carbocycles. The summed E-state index contributed by atoms with van der Waals surface area (Å²) in [7, 11) is 0. The van der Waals surface area contributed by atoms with Crippen LogP contribution in [0.15, 0.2) is 78.9 Å². The zero-order valence-electron chi connectivity index (χ0n) is 18.6. The molecule has 34 heavy (non-hydrogen) atoms. The van der Waals surface area contributed by atoms with Crippen molar-refractivity contribution >= 4 is 28.9 Å². The number of hydrogen-bond acceptors (Lipinski definition) is 5. The minimum absolute atomic E-state index is 0.0530. The van der Waals surface area contributed by atoms with E-state index in [0.717, 1.165) is 11.3 Å². The second-order valence-corrected chi connectivity index (χ2v) is 8.25. The quantitative estimate of drug-likeness (QED) is 0.395. The second kappa shape index (κ2) is 10.6. The number of nitrogens with one attached hydrogen (secondary N) is 2. The van der Waals surface area contributed by atoms with Crippen LogP contribution in [0.2, 0.25) is 0 Å². The number of piperidine rings is 1. The van der Waals surface area contributed by atoms with Gasteiger partial charge in [-0.25, -0.2) is 0 Å². The van der Waals surface area contributed by atoms with Gasteiger partial charge in [0.25, 0.3) is 11.6 Å². The van der Waals surface area contributed by atoms with Crippen molar-refractivity contribution in [2.45, 2.75) is 19.4 Å². The molecule has 0 radical (unpaired) electrons. The molecule has 1 fully saturated rings. The molecule has 4 rings (SSSR count). The van der Waals surface area contributed by atoms with Crippen LogP contribution in [0, 0.1) is 16.0 Å². The highest BCUT2D eigenvalue weighted by molar-refractivity contribution is 5.96. The molecule has 0 atom stereocenters. The van der Waals surface area contributed by atoms with Crippen molar-refractivity contribution in [3.8, 4) is 0 Å². The minimum atomic E-state index is -0.482. The van der Waals surface area contributed by atoms with E-state index in [-0.39, 0.29) is 29.0 Å². The lowest BCUT2D eigenvalue weighted by molar-refractivity contribution is -0.384. The van der Waals surface area contributed by atoms with Crippen molar-refractivity contribution in [2.75, 3.05) is 23.7 Å². The fourth-order valence-electron chi connectivity index (χ4n) is 4.05. The zero-order chi connectivity index (χ0) is 23.9. The maximum absolute atomic E-state index is 13.0. The topological polar surface area (TPSA) is 105 Å². The Morgan fingerprint density at radius 3 is 2.24 bits per heavy atom. The first-order chi connectivity index (χ1) is 16.5. The summed E-state index contributed by atoms with van der Waals surface area (Å²) in [4.78, 5) is 38.4. The normalized spacial score (nSPS) is 13.8. The van der Waals surface area contributed by atoms with E-state index < -0.39 is 4.92 Å². The molecule has 1 heterocycles. The van der Waals surface area contributed by atoms with Crippen LogP contribution in [-0.2, 0) is 11.3 Å². The van der Waals surface area contributed by atoms with Gasteiger partial charge in [0.05, 0.1) is 4.92 Å². The summed E-state index contributed by atoms with van der Waals surface area (Å²) < 4.78 is 0. The molecule has 0 aromatic heterocycles. The highest BCUT2D eigenvalue weighted by Gasteiger charge is 2.29. The number of likely N-dealkylation sites (tertiary alicyclic amines) is 1. The van der Waals surface area contributed by atoms with Gasteiger partial charge in [0.15, 0.2) is 0 Å². The predicted octanol–water partition coefficient (Wildman–Crippen LogP) is 4.70. The van der Waals surface area contributed by atoms with Gasteiger partial charge in [0.1, 0.15) is 5.69 Å². The van der Waals surface area contributed by atoms with E-state index in [9.17, 15) is 19.7 Å². The molecular formula is C26H26N4O4. The molecule has 0 bridgehead atoms. The van der Waals surface area contributed by atoms with Gasteiger partial charge in [0.2, 0.25) is 5.91 Å². The standard InChI is InChI=1S/C26H26N4O4/c31-25(28-22-9-5-2-6-10-22)20-13-15-29(16-14-20)26(32)21-11-12-23(24(17-21)30(33)34)27-18-19-7-3-1-4-8-19/h1-12,17,20,27H,13-16,18H2,(H,28,31). The van der Waals surface area contributed by atoms with E-state index in [1.807, 2.05) is 60.7 Å². The van der Waals surface area contributed by atoms with Gasteiger partial charge >= 0.3 is 0 Å². The number of para-hydroxylation sites is 1. The Bertz CT molecular complexity index is 1160. The monoisotopic (exact) mass is 458 g/mol. The van der Waals surface area contributed by atoms with Gasteiger partial charge in [-0.15, -0.1) is 0 Å². The van der Waals surface area contributed by atoms with Crippen molar-refractivity contribution in [3.05, 3.63) is 100 Å². The maximum Gasteiger partial charge on any atom is 0.293 e. The van der Waals surface area contributed by atoms with E-state index in [2.05, 4.69) is 10.6 Å². The molecule has 0 unspecified atom stereocenters. The lowest BCUT2D eigenvalue weighted by atomic mass is 9.95. The Morgan fingerprint density at radius 1 is 0.941 bits per heavy atom. The average molecular weight is 459 g/mol. The van der Waals surface area contributed by atoms with Crippen molar-refractivity contribution in [1.29, 1.82) is 0 Å². The second-order valence-electron chi connectivity index (χ2n) is 8.25. The van der Waals surface area contributed by atoms with Gasteiger partial charge in [-0.2, -0.15) is 0 Å². The molecule has 1 aliphatic rings. The first kappa shape index (κ1) is 23.0.